The van der Waals surface area contributed by atoms with E-state index in [0.717, 1.165) is 27.0 Å². The van der Waals surface area contributed by atoms with Crippen LogP contribution in [0.4, 0.5) is 5.69 Å². The molecule has 0 aliphatic carbocycles. The molecule has 0 atom stereocenters. The molecule has 0 fully saturated rings. The van der Waals surface area contributed by atoms with E-state index in [9.17, 15) is 18.0 Å². The maximum atomic E-state index is 13.8. The van der Waals surface area contributed by atoms with E-state index in [1.807, 2.05) is 0 Å². The van der Waals surface area contributed by atoms with Gasteiger partial charge in [0.15, 0.2) is 5.58 Å². The molecule has 3 aromatic carbocycles. The fourth-order valence-corrected chi connectivity index (χ4v) is 6.82. The number of sulfonamides is 1. The van der Waals surface area contributed by atoms with Crippen LogP contribution in [-0.2, 0) is 10.0 Å². The average Bonchev–Trinajstić information content (AvgIpc) is 3.44. The van der Waals surface area contributed by atoms with Gasteiger partial charge in [-0.3, -0.25) is 4.79 Å². The van der Waals surface area contributed by atoms with E-state index in [4.69, 9.17) is 4.42 Å². The van der Waals surface area contributed by atoms with Gasteiger partial charge in [-0.2, -0.15) is 12.7 Å². The third kappa shape index (κ3) is 3.26. The van der Waals surface area contributed by atoms with Gasteiger partial charge in [0.05, 0.1) is 10.4 Å². The molecule has 5 aromatic rings. The largest absolute Gasteiger partial charge is 0.413 e. The maximum Gasteiger partial charge on any atom is 0.396 e. The minimum atomic E-state index is -4.23. The summed E-state index contributed by atoms with van der Waals surface area (Å²) in [6.07, 6.45) is 0. The van der Waals surface area contributed by atoms with E-state index in [2.05, 4.69) is 0 Å². The van der Waals surface area contributed by atoms with Gasteiger partial charge in [0, 0.05) is 16.3 Å². The van der Waals surface area contributed by atoms with Crippen molar-refractivity contribution in [2.45, 2.75) is 11.1 Å². The Morgan fingerprint density at radius 1 is 0.969 bits per heavy atom. The predicted molar refractivity (Wildman–Crippen MR) is 127 cm³/mol. The van der Waals surface area contributed by atoms with Crippen molar-refractivity contribution in [2.75, 3.05) is 4.31 Å². The third-order valence-electron chi connectivity index (χ3n) is 5.09. The van der Waals surface area contributed by atoms with Crippen molar-refractivity contribution >= 4 is 65.3 Å². The molecular weight excluding hydrogens is 466 g/mol. The van der Waals surface area contributed by atoms with Gasteiger partial charge in [0.1, 0.15) is 4.21 Å². The molecule has 6 nitrogen and oxygen atoms in total. The van der Waals surface area contributed by atoms with Crippen molar-refractivity contribution < 1.29 is 17.6 Å². The second kappa shape index (κ2) is 7.70. The van der Waals surface area contributed by atoms with Gasteiger partial charge >= 0.3 is 4.94 Å². The van der Waals surface area contributed by atoms with Crippen LogP contribution in [-0.4, -0.2) is 14.3 Å². The van der Waals surface area contributed by atoms with Crippen molar-refractivity contribution in [3.63, 3.8) is 0 Å². The van der Waals surface area contributed by atoms with E-state index < -0.39 is 20.9 Å². The second-order valence-corrected chi connectivity index (χ2v) is 11.0. The summed E-state index contributed by atoms with van der Waals surface area (Å²) >= 11 is 1.90. The number of anilines is 1. The first-order valence-electron chi connectivity index (χ1n) is 9.52. The Hall–Kier alpha value is -3.27. The van der Waals surface area contributed by atoms with Crippen molar-refractivity contribution in [3.8, 4) is 0 Å². The molecule has 0 saturated heterocycles. The van der Waals surface area contributed by atoms with Crippen LogP contribution in [0.25, 0.3) is 21.1 Å². The molecule has 0 aliphatic heterocycles. The first kappa shape index (κ1) is 20.6. The molecular formula is C23H15NO5S3. The van der Waals surface area contributed by atoms with Crippen LogP contribution < -0.4 is 9.24 Å². The van der Waals surface area contributed by atoms with Crippen molar-refractivity contribution in [1.29, 1.82) is 0 Å². The Kier molecular flexibility index (Phi) is 4.96. The number of aryl methyl sites for hydroxylation is 1. The quantitative estimate of drug-likeness (QED) is 0.343. The van der Waals surface area contributed by atoms with Gasteiger partial charge in [0.25, 0.3) is 15.9 Å². The van der Waals surface area contributed by atoms with E-state index in [-0.39, 0.29) is 15.5 Å². The highest BCUT2D eigenvalue weighted by Gasteiger charge is 2.35. The number of nitrogens with zero attached hydrogens (tertiary/aromatic N) is 1. The Morgan fingerprint density at radius 2 is 1.69 bits per heavy atom. The maximum absolute atomic E-state index is 13.8. The Morgan fingerprint density at radius 3 is 2.41 bits per heavy atom. The minimum Gasteiger partial charge on any atom is -0.413 e. The summed E-state index contributed by atoms with van der Waals surface area (Å²) in [7, 11) is -4.23. The van der Waals surface area contributed by atoms with Gasteiger partial charge in [-0.15, -0.1) is 11.3 Å². The summed E-state index contributed by atoms with van der Waals surface area (Å²) in [5.74, 6) is -0.670. The molecule has 0 N–H and O–H groups in total. The number of hydrogen-bond donors (Lipinski definition) is 0. The smallest absolute Gasteiger partial charge is 0.396 e. The van der Waals surface area contributed by atoms with Crippen molar-refractivity contribution in [1.82, 2.24) is 0 Å². The second-order valence-electron chi connectivity index (χ2n) is 7.04. The van der Waals surface area contributed by atoms with Gasteiger partial charge in [-0.05, 0) is 36.1 Å². The highest BCUT2D eigenvalue weighted by molar-refractivity contribution is 7.95. The summed E-state index contributed by atoms with van der Waals surface area (Å²) < 4.78 is 34.2. The number of benzene rings is 3. The van der Waals surface area contributed by atoms with Gasteiger partial charge in [-0.1, -0.05) is 59.9 Å². The van der Waals surface area contributed by atoms with Crippen molar-refractivity contribution in [3.05, 3.63) is 93.0 Å². The number of fused-ring (bicyclic) bond motifs is 3. The fourth-order valence-electron chi connectivity index (χ4n) is 3.62. The Bertz CT molecular complexity index is 1650. The molecule has 9 heteroatoms. The van der Waals surface area contributed by atoms with Crippen LogP contribution in [0.15, 0.2) is 85.5 Å². The molecule has 2 aromatic heterocycles. The normalized spacial score (nSPS) is 11.8. The summed E-state index contributed by atoms with van der Waals surface area (Å²) in [5.41, 5.74) is 1.47. The SMILES string of the molecule is Cc1ccccc1C(=O)N(c1cc2sc(=O)oc2c2ccccc12)S(=O)(=O)c1cccs1. The zero-order chi connectivity index (χ0) is 22.5. The highest BCUT2D eigenvalue weighted by atomic mass is 32.2. The van der Waals surface area contributed by atoms with Crippen LogP contribution in [0.2, 0.25) is 0 Å². The average molecular weight is 482 g/mol. The molecule has 0 radical (unpaired) electrons. The molecule has 32 heavy (non-hydrogen) atoms. The lowest BCUT2D eigenvalue weighted by Crippen LogP contribution is -2.37. The van der Waals surface area contributed by atoms with Gasteiger partial charge < -0.3 is 4.42 Å². The minimum absolute atomic E-state index is 0.0454. The lowest BCUT2D eigenvalue weighted by molar-refractivity contribution is 0.100. The molecule has 0 spiro atoms. The fraction of sp³-hybridized carbons (Fsp3) is 0.0435. The Balaban J connectivity index is 1.87. The first-order chi connectivity index (χ1) is 15.4. The lowest BCUT2D eigenvalue weighted by Gasteiger charge is -2.24. The van der Waals surface area contributed by atoms with E-state index >= 15 is 0 Å². The zero-order valence-electron chi connectivity index (χ0n) is 16.6. The Labute approximate surface area is 191 Å². The van der Waals surface area contributed by atoms with Crippen molar-refractivity contribution in [2.24, 2.45) is 0 Å². The van der Waals surface area contributed by atoms with E-state index in [1.165, 1.54) is 12.1 Å². The predicted octanol–water partition coefficient (Wildman–Crippen LogP) is 5.41. The summed E-state index contributed by atoms with van der Waals surface area (Å²) in [4.78, 5) is 25.2. The molecule has 2 heterocycles. The van der Waals surface area contributed by atoms with Crippen LogP contribution in [0.5, 0.6) is 0 Å². The molecule has 160 valence electrons. The zero-order valence-corrected chi connectivity index (χ0v) is 19.1. The summed E-state index contributed by atoms with van der Waals surface area (Å²) in [6.45, 7) is 1.76. The summed E-state index contributed by atoms with van der Waals surface area (Å²) in [5, 5.41) is 2.69. The topological polar surface area (TPSA) is 84.7 Å². The van der Waals surface area contributed by atoms with Gasteiger partial charge in [-0.25, -0.2) is 4.79 Å². The van der Waals surface area contributed by atoms with E-state index in [1.54, 1.807) is 66.9 Å². The molecule has 1 amide bonds. The monoisotopic (exact) mass is 481 g/mol. The van der Waals surface area contributed by atoms with Crippen LogP contribution >= 0.6 is 22.7 Å². The first-order valence-corrected chi connectivity index (χ1v) is 12.7. The molecule has 0 saturated carbocycles. The standard InChI is InChI=1S/C23H15NO5S3/c1-14-7-2-3-8-15(14)22(25)24(32(27,28)20-11-6-12-30-20)18-13-19-21(29-23(26)31-19)17-10-5-4-9-16(17)18/h2-13H,1H3. The number of thiophene rings is 1. The van der Waals surface area contributed by atoms with Gasteiger partial charge in [0.2, 0.25) is 0 Å². The number of hydrogen-bond acceptors (Lipinski definition) is 7. The highest BCUT2D eigenvalue weighted by Crippen LogP contribution is 2.39. The number of amides is 1. The molecule has 5 rings (SSSR count). The van der Waals surface area contributed by atoms with Crippen LogP contribution in [0.1, 0.15) is 15.9 Å². The number of rotatable bonds is 4. The van der Waals surface area contributed by atoms with Crippen LogP contribution in [0.3, 0.4) is 0 Å². The number of carbonyl (C=O) groups excluding carboxylic acids is 1. The molecule has 0 bridgehead atoms. The van der Waals surface area contributed by atoms with Crippen LogP contribution in [0, 0.1) is 6.92 Å². The third-order valence-corrected chi connectivity index (χ3v) is 8.93. The molecule has 0 aliphatic rings. The summed E-state index contributed by atoms with van der Waals surface area (Å²) in [6, 6.07) is 18.4. The molecule has 0 unspecified atom stereocenters. The van der Waals surface area contributed by atoms with E-state index in [0.29, 0.717) is 26.6 Å². The number of carbonyl (C=O) groups is 1. The lowest BCUT2D eigenvalue weighted by atomic mass is 10.1.